The summed E-state index contributed by atoms with van der Waals surface area (Å²) < 4.78 is 1.55. The van der Waals surface area contributed by atoms with Crippen LogP contribution in [0.1, 0.15) is 23.4 Å². The highest BCUT2D eigenvalue weighted by Gasteiger charge is 2.08. The molecule has 0 spiro atoms. The second-order valence-corrected chi connectivity index (χ2v) is 6.78. The van der Waals surface area contributed by atoms with Gasteiger partial charge in [-0.05, 0) is 32.4 Å². The average Bonchev–Trinajstić information content (AvgIpc) is 2.87. The number of aryl methyl sites for hydroxylation is 3. The third kappa shape index (κ3) is 3.51. The van der Waals surface area contributed by atoms with E-state index in [1.807, 2.05) is 32.0 Å². The van der Waals surface area contributed by atoms with E-state index < -0.39 is 0 Å². The molecule has 2 heterocycles. The second kappa shape index (κ2) is 6.92. The molecule has 0 bridgehead atoms. The highest BCUT2D eigenvalue weighted by atomic mass is 32.1. The fraction of sp³-hybridized carbons (Fsp3) is 0.294. The molecule has 1 amide bonds. The number of rotatable bonds is 5. The summed E-state index contributed by atoms with van der Waals surface area (Å²) in [7, 11) is 0. The molecule has 0 aliphatic rings. The molecule has 0 saturated heterocycles. The first-order valence-electron chi connectivity index (χ1n) is 7.72. The van der Waals surface area contributed by atoms with Crippen LogP contribution in [0.5, 0.6) is 0 Å². The van der Waals surface area contributed by atoms with Crippen LogP contribution in [0.2, 0.25) is 0 Å². The highest BCUT2D eigenvalue weighted by Crippen LogP contribution is 2.21. The molecule has 7 heteroatoms. The zero-order valence-electron chi connectivity index (χ0n) is 13.6. The number of nitrogens with one attached hydrogen (secondary N) is 1. The number of nitrogens with zero attached hydrogens (tertiary/aromatic N) is 3. The van der Waals surface area contributed by atoms with Crippen LogP contribution >= 0.6 is 11.3 Å². The van der Waals surface area contributed by atoms with Gasteiger partial charge in [0.1, 0.15) is 0 Å². The first-order chi connectivity index (χ1) is 11.5. The van der Waals surface area contributed by atoms with Crippen LogP contribution in [-0.2, 0) is 11.3 Å². The van der Waals surface area contributed by atoms with Gasteiger partial charge in [-0.15, -0.1) is 11.3 Å². The number of anilines is 1. The second-order valence-electron chi connectivity index (χ2n) is 5.57. The largest absolute Gasteiger partial charge is 0.302 e. The van der Waals surface area contributed by atoms with Crippen LogP contribution in [0.25, 0.3) is 10.9 Å². The van der Waals surface area contributed by atoms with E-state index in [9.17, 15) is 9.59 Å². The SMILES string of the molecule is Cc1nc(NC(=O)CCCn2cnc3ccccc3c2=O)sc1C. The molecule has 1 N–H and O–H groups in total. The lowest BCUT2D eigenvalue weighted by atomic mass is 10.2. The Balaban J connectivity index is 1.59. The predicted molar refractivity (Wildman–Crippen MR) is 95.5 cm³/mol. The number of carbonyl (C=O) groups is 1. The van der Waals surface area contributed by atoms with Gasteiger partial charge in [-0.1, -0.05) is 12.1 Å². The zero-order chi connectivity index (χ0) is 17.1. The predicted octanol–water partition coefficient (Wildman–Crippen LogP) is 2.89. The molecular formula is C17H18N4O2S. The minimum absolute atomic E-state index is 0.0767. The lowest BCUT2D eigenvalue weighted by Gasteiger charge is -2.06. The number of fused-ring (bicyclic) bond motifs is 1. The summed E-state index contributed by atoms with van der Waals surface area (Å²) in [5.74, 6) is -0.0921. The Morgan fingerprint density at radius 1 is 1.29 bits per heavy atom. The van der Waals surface area contributed by atoms with Crippen LogP contribution in [0.3, 0.4) is 0 Å². The Bertz CT molecular complexity index is 926. The fourth-order valence-corrected chi connectivity index (χ4v) is 3.21. The molecule has 0 aliphatic heterocycles. The molecular weight excluding hydrogens is 324 g/mol. The molecule has 0 radical (unpaired) electrons. The Kier molecular flexibility index (Phi) is 4.71. The molecule has 0 saturated carbocycles. The maximum Gasteiger partial charge on any atom is 0.261 e. The van der Waals surface area contributed by atoms with Gasteiger partial charge < -0.3 is 5.32 Å². The summed E-state index contributed by atoms with van der Waals surface area (Å²) in [4.78, 5) is 34.0. The van der Waals surface area contributed by atoms with Crippen LogP contribution in [0.4, 0.5) is 5.13 Å². The van der Waals surface area contributed by atoms with E-state index in [0.29, 0.717) is 35.4 Å². The summed E-state index contributed by atoms with van der Waals surface area (Å²) in [6, 6.07) is 7.25. The summed E-state index contributed by atoms with van der Waals surface area (Å²) in [6.07, 6.45) is 2.43. The number of para-hydroxylation sites is 1. The topological polar surface area (TPSA) is 76.9 Å². The van der Waals surface area contributed by atoms with Gasteiger partial charge >= 0.3 is 0 Å². The molecule has 3 rings (SSSR count). The van der Waals surface area contributed by atoms with E-state index in [-0.39, 0.29) is 11.5 Å². The van der Waals surface area contributed by atoms with Crippen molar-refractivity contribution >= 4 is 33.3 Å². The molecule has 24 heavy (non-hydrogen) atoms. The van der Waals surface area contributed by atoms with Crippen LogP contribution in [-0.4, -0.2) is 20.4 Å². The van der Waals surface area contributed by atoms with E-state index in [2.05, 4.69) is 15.3 Å². The van der Waals surface area contributed by atoms with Crippen molar-refractivity contribution in [2.45, 2.75) is 33.2 Å². The third-order valence-electron chi connectivity index (χ3n) is 3.81. The van der Waals surface area contributed by atoms with Gasteiger partial charge in [0.25, 0.3) is 5.56 Å². The van der Waals surface area contributed by atoms with E-state index >= 15 is 0 Å². The van der Waals surface area contributed by atoms with Gasteiger partial charge in [-0.2, -0.15) is 0 Å². The Hall–Kier alpha value is -2.54. The maximum atomic E-state index is 12.3. The van der Waals surface area contributed by atoms with Gasteiger partial charge in [-0.3, -0.25) is 14.2 Å². The van der Waals surface area contributed by atoms with Crippen LogP contribution < -0.4 is 10.9 Å². The Labute approximate surface area is 143 Å². The number of hydrogen-bond donors (Lipinski definition) is 1. The molecule has 3 aromatic rings. The van der Waals surface area contributed by atoms with Crippen molar-refractivity contribution in [3.05, 3.63) is 51.5 Å². The minimum atomic E-state index is -0.0921. The van der Waals surface area contributed by atoms with Crippen molar-refractivity contribution in [3.8, 4) is 0 Å². The highest BCUT2D eigenvalue weighted by molar-refractivity contribution is 7.15. The van der Waals surface area contributed by atoms with Gasteiger partial charge in [0.05, 0.1) is 22.9 Å². The zero-order valence-corrected chi connectivity index (χ0v) is 14.4. The quantitative estimate of drug-likeness (QED) is 0.773. The van der Waals surface area contributed by atoms with Gasteiger partial charge in [0, 0.05) is 17.8 Å². The molecule has 6 nitrogen and oxygen atoms in total. The average molecular weight is 342 g/mol. The van der Waals surface area contributed by atoms with Crippen molar-refractivity contribution in [1.29, 1.82) is 0 Å². The van der Waals surface area contributed by atoms with Crippen molar-refractivity contribution in [3.63, 3.8) is 0 Å². The van der Waals surface area contributed by atoms with Crippen molar-refractivity contribution in [2.24, 2.45) is 0 Å². The monoisotopic (exact) mass is 342 g/mol. The lowest BCUT2D eigenvalue weighted by molar-refractivity contribution is -0.116. The molecule has 124 valence electrons. The first kappa shape index (κ1) is 16.3. The smallest absolute Gasteiger partial charge is 0.261 e. The number of benzene rings is 1. The molecule has 0 aliphatic carbocycles. The van der Waals surface area contributed by atoms with Crippen LogP contribution in [0.15, 0.2) is 35.4 Å². The molecule has 1 aromatic carbocycles. The number of aromatic nitrogens is 3. The molecule has 0 atom stereocenters. The number of amides is 1. The first-order valence-corrected chi connectivity index (χ1v) is 8.54. The van der Waals surface area contributed by atoms with Gasteiger partial charge in [-0.25, -0.2) is 9.97 Å². The summed E-state index contributed by atoms with van der Waals surface area (Å²) in [5, 5.41) is 4.02. The Morgan fingerprint density at radius 3 is 2.83 bits per heavy atom. The van der Waals surface area contributed by atoms with E-state index in [0.717, 1.165) is 10.6 Å². The van der Waals surface area contributed by atoms with E-state index in [1.54, 1.807) is 10.6 Å². The minimum Gasteiger partial charge on any atom is -0.302 e. The standard InChI is InChI=1S/C17H18N4O2S/c1-11-12(2)24-17(19-11)20-15(22)8-5-9-21-10-18-14-7-4-3-6-13(14)16(21)23/h3-4,6-7,10H,5,8-9H2,1-2H3,(H,19,20,22). The van der Waals surface area contributed by atoms with E-state index in [1.165, 1.54) is 17.7 Å². The number of hydrogen-bond acceptors (Lipinski definition) is 5. The normalized spacial score (nSPS) is 10.9. The van der Waals surface area contributed by atoms with Gasteiger partial charge in [0.15, 0.2) is 5.13 Å². The fourth-order valence-electron chi connectivity index (χ4n) is 2.38. The van der Waals surface area contributed by atoms with Crippen molar-refractivity contribution in [1.82, 2.24) is 14.5 Å². The summed E-state index contributed by atoms with van der Waals surface area (Å²) in [6.45, 7) is 4.35. The van der Waals surface area contributed by atoms with Gasteiger partial charge in [0.2, 0.25) is 5.91 Å². The van der Waals surface area contributed by atoms with Crippen LogP contribution in [0, 0.1) is 13.8 Å². The third-order valence-corrected chi connectivity index (χ3v) is 4.80. The molecule has 2 aromatic heterocycles. The summed E-state index contributed by atoms with van der Waals surface area (Å²) >= 11 is 1.47. The Morgan fingerprint density at radius 2 is 2.08 bits per heavy atom. The maximum absolute atomic E-state index is 12.3. The van der Waals surface area contributed by atoms with Crippen molar-refractivity contribution in [2.75, 3.05) is 5.32 Å². The molecule has 0 fully saturated rings. The lowest BCUT2D eigenvalue weighted by Crippen LogP contribution is -2.21. The summed E-state index contributed by atoms with van der Waals surface area (Å²) in [5.41, 5.74) is 1.54. The number of thiazole rings is 1. The molecule has 0 unspecified atom stereocenters. The van der Waals surface area contributed by atoms with Crippen molar-refractivity contribution < 1.29 is 4.79 Å². The number of carbonyl (C=O) groups excluding carboxylic acids is 1. The van der Waals surface area contributed by atoms with E-state index in [4.69, 9.17) is 0 Å².